The Labute approximate surface area is 209 Å². The maximum atomic E-state index is 12.7. The summed E-state index contributed by atoms with van der Waals surface area (Å²) >= 11 is 1.33. The molecule has 8 nitrogen and oxygen atoms in total. The normalized spacial score (nSPS) is 16.4. The van der Waals surface area contributed by atoms with Crippen molar-refractivity contribution in [2.75, 3.05) is 19.8 Å². The van der Waals surface area contributed by atoms with Crippen molar-refractivity contribution in [3.63, 3.8) is 0 Å². The molecule has 0 aromatic heterocycles. The average molecular weight is 493 g/mol. The van der Waals surface area contributed by atoms with Crippen molar-refractivity contribution in [2.45, 2.75) is 27.7 Å². The number of amides is 1. The number of carbonyl (C=O) groups is 1. The first-order valence-corrected chi connectivity index (χ1v) is 12.3. The molecular formula is C26H28N4O4S. The molecule has 0 saturated carbocycles. The molecule has 0 radical (unpaired) electrons. The highest BCUT2D eigenvalue weighted by Crippen LogP contribution is 2.33. The largest absolute Gasteiger partial charge is 0.490 e. The molecule has 2 aliphatic heterocycles. The predicted molar refractivity (Wildman–Crippen MR) is 140 cm³/mol. The lowest BCUT2D eigenvalue weighted by molar-refractivity contribution is -0.114. The first-order chi connectivity index (χ1) is 16.9. The number of hydrazone groups is 1. The molecule has 0 saturated heterocycles. The molecule has 4 rings (SSSR count). The Bertz CT molecular complexity index is 1240. The smallest absolute Gasteiger partial charge is 0.283 e. The van der Waals surface area contributed by atoms with E-state index in [1.54, 1.807) is 18.2 Å². The summed E-state index contributed by atoms with van der Waals surface area (Å²) in [4.78, 5) is 16.8. The van der Waals surface area contributed by atoms with Crippen molar-refractivity contribution in [3.05, 3.63) is 59.2 Å². The van der Waals surface area contributed by atoms with Gasteiger partial charge in [-0.05, 0) is 61.0 Å². The molecule has 9 heteroatoms. The topological polar surface area (TPSA) is 96.6 Å². The lowest BCUT2D eigenvalue weighted by Crippen LogP contribution is -2.35. The fourth-order valence-electron chi connectivity index (χ4n) is 3.43. The Morgan fingerprint density at radius 3 is 2.51 bits per heavy atom. The maximum absolute atomic E-state index is 12.7. The highest BCUT2D eigenvalue weighted by Gasteiger charge is 2.36. The number of nitrogens with one attached hydrogen (secondary N) is 1. The molecule has 0 fully saturated rings. The molecule has 2 aliphatic rings. The van der Waals surface area contributed by atoms with E-state index < -0.39 is 5.91 Å². The number of para-hydroxylation sites is 1. The molecule has 2 heterocycles. The molecular weight excluding hydrogens is 464 g/mol. The van der Waals surface area contributed by atoms with Gasteiger partial charge >= 0.3 is 0 Å². The Morgan fingerprint density at radius 1 is 1.06 bits per heavy atom. The second kappa shape index (κ2) is 10.8. The average Bonchev–Trinajstić information content (AvgIpc) is 3.26. The van der Waals surface area contributed by atoms with Crippen molar-refractivity contribution in [1.82, 2.24) is 5.01 Å². The molecule has 1 amide bonds. The van der Waals surface area contributed by atoms with Crippen molar-refractivity contribution in [3.8, 4) is 17.2 Å². The molecule has 0 unspecified atom stereocenters. The van der Waals surface area contributed by atoms with Gasteiger partial charge in [-0.1, -0.05) is 38.1 Å². The number of ether oxygens (including phenoxy) is 3. The highest BCUT2D eigenvalue weighted by molar-refractivity contribution is 8.27. The molecule has 0 bridgehead atoms. The monoisotopic (exact) mass is 492 g/mol. The SMILES string of the molecule is CCOc1cc(/C=C2/C(=N)N3N=C(C(C)C)SC3=NC2=O)ccc1OCCOc1ccccc1C. The summed E-state index contributed by atoms with van der Waals surface area (Å²) in [5, 5.41) is 15.7. The van der Waals surface area contributed by atoms with E-state index in [0.29, 0.717) is 42.1 Å². The minimum absolute atomic E-state index is 0.00907. The second-order valence-electron chi connectivity index (χ2n) is 8.21. The van der Waals surface area contributed by atoms with E-state index in [2.05, 4.69) is 10.1 Å². The molecule has 35 heavy (non-hydrogen) atoms. The third kappa shape index (κ3) is 5.57. The zero-order valence-corrected chi connectivity index (χ0v) is 21.0. The minimum Gasteiger partial charge on any atom is -0.490 e. The summed E-state index contributed by atoms with van der Waals surface area (Å²) in [6.07, 6.45) is 1.63. The molecule has 2 aromatic carbocycles. The van der Waals surface area contributed by atoms with Gasteiger partial charge in [-0.3, -0.25) is 10.2 Å². The van der Waals surface area contributed by atoms with Gasteiger partial charge in [0.05, 0.1) is 12.2 Å². The number of nitrogens with zero attached hydrogens (tertiary/aromatic N) is 3. The van der Waals surface area contributed by atoms with E-state index in [1.165, 1.54) is 16.8 Å². The van der Waals surface area contributed by atoms with Gasteiger partial charge in [0.2, 0.25) is 5.17 Å². The number of carbonyl (C=O) groups excluding carboxylic acids is 1. The number of rotatable bonds is 9. The number of aliphatic imine (C=N–C) groups is 1. The molecule has 2 aromatic rings. The van der Waals surface area contributed by atoms with E-state index in [9.17, 15) is 4.79 Å². The number of benzene rings is 2. The summed E-state index contributed by atoms with van der Waals surface area (Å²) < 4.78 is 17.5. The van der Waals surface area contributed by atoms with E-state index in [1.807, 2.05) is 58.0 Å². The number of amidine groups is 2. The maximum Gasteiger partial charge on any atom is 0.283 e. The Kier molecular flexibility index (Phi) is 7.55. The minimum atomic E-state index is -0.458. The van der Waals surface area contributed by atoms with Crippen LogP contribution in [0.15, 0.2) is 58.1 Å². The Balaban J connectivity index is 1.48. The lowest BCUT2D eigenvalue weighted by atomic mass is 10.1. The number of thioether (sulfide) groups is 1. The van der Waals surface area contributed by atoms with Gasteiger partial charge < -0.3 is 14.2 Å². The lowest BCUT2D eigenvalue weighted by Gasteiger charge is -2.20. The summed E-state index contributed by atoms with van der Waals surface area (Å²) in [6.45, 7) is 9.11. The van der Waals surface area contributed by atoms with E-state index in [0.717, 1.165) is 16.4 Å². The first kappa shape index (κ1) is 24.5. The van der Waals surface area contributed by atoms with Crippen LogP contribution in [-0.2, 0) is 4.79 Å². The van der Waals surface area contributed by atoms with Crippen LogP contribution >= 0.6 is 11.8 Å². The van der Waals surface area contributed by atoms with Gasteiger partial charge in [-0.25, -0.2) is 0 Å². The molecule has 182 valence electrons. The van der Waals surface area contributed by atoms with Crippen molar-refractivity contribution in [1.29, 1.82) is 5.41 Å². The van der Waals surface area contributed by atoms with Crippen LogP contribution in [0.4, 0.5) is 0 Å². The third-order valence-electron chi connectivity index (χ3n) is 5.23. The van der Waals surface area contributed by atoms with Crippen LogP contribution < -0.4 is 14.2 Å². The van der Waals surface area contributed by atoms with Gasteiger partial charge in [0.15, 0.2) is 17.3 Å². The predicted octanol–water partition coefficient (Wildman–Crippen LogP) is 5.13. The van der Waals surface area contributed by atoms with Crippen LogP contribution in [0.2, 0.25) is 0 Å². The van der Waals surface area contributed by atoms with Crippen LogP contribution in [0.3, 0.4) is 0 Å². The summed E-state index contributed by atoms with van der Waals surface area (Å²) in [5.74, 6) is 1.70. The number of aryl methyl sites for hydroxylation is 1. The Morgan fingerprint density at radius 2 is 1.80 bits per heavy atom. The number of fused-ring (bicyclic) bond motifs is 1. The van der Waals surface area contributed by atoms with Crippen LogP contribution in [0, 0.1) is 18.3 Å². The fraction of sp³-hybridized carbons (Fsp3) is 0.308. The zero-order valence-electron chi connectivity index (χ0n) is 20.2. The summed E-state index contributed by atoms with van der Waals surface area (Å²) in [5.41, 5.74) is 1.94. The van der Waals surface area contributed by atoms with Gasteiger partial charge in [0.1, 0.15) is 24.0 Å². The first-order valence-electron chi connectivity index (χ1n) is 11.5. The third-order valence-corrected chi connectivity index (χ3v) is 6.44. The van der Waals surface area contributed by atoms with Crippen LogP contribution in [0.1, 0.15) is 31.9 Å². The molecule has 0 atom stereocenters. The summed E-state index contributed by atoms with van der Waals surface area (Å²) in [7, 11) is 0. The highest BCUT2D eigenvalue weighted by atomic mass is 32.2. The van der Waals surface area contributed by atoms with Crippen molar-refractivity contribution >= 4 is 39.8 Å². The standard InChI is InChI=1S/C26H28N4O4S/c1-5-32-22-15-18(10-11-21(22)34-13-12-33-20-9-7-6-8-17(20)4)14-19-23(27)30-26(28-24(19)31)35-25(29-30)16(2)3/h6-11,14-16,27H,5,12-13H2,1-4H3/b19-14-,27-23?. The van der Waals surface area contributed by atoms with Crippen LogP contribution in [0.5, 0.6) is 17.2 Å². The molecule has 1 N–H and O–H groups in total. The summed E-state index contributed by atoms with van der Waals surface area (Å²) in [6, 6.07) is 13.2. The fourth-order valence-corrected chi connectivity index (χ4v) is 4.32. The molecule has 0 spiro atoms. The van der Waals surface area contributed by atoms with Gasteiger partial charge in [0.25, 0.3) is 5.91 Å². The van der Waals surface area contributed by atoms with Crippen LogP contribution in [0.25, 0.3) is 6.08 Å². The Hall–Kier alpha value is -3.59. The number of hydrogen-bond donors (Lipinski definition) is 1. The van der Waals surface area contributed by atoms with Gasteiger partial charge in [0, 0.05) is 5.92 Å². The van der Waals surface area contributed by atoms with E-state index in [-0.39, 0.29) is 17.3 Å². The van der Waals surface area contributed by atoms with Crippen LogP contribution in [-0.4, -0.2) is 46.8 Å². The second-order valence-corrected chi connectivity index (χ2v) is 9.20. The van der Waals surface area contributed by atoms with Crippen molar-refractivity contribution in [2.24, 2.45) is 16.0 Å². The van der Waals surface area contributed by atoms with Gasteiger partial charge in [-0.15, -0.1) is 0 Å². The van der Waals surface area contributed by atoms with Crippen molar-refractivity contribution < 1.29 is 19.0 Å². The zero-order chi connectivity index (χ0) is 24.9. The number of hydrogen-bond acceptors (Lipinski definition) is 7. The molecule has 0 aliphatic carbocycles. The van der Waals surface area contributed by atoms with Gasteiger partial charge in [-0.2, -0.15) is 15.1 Å². The quantitative estimate of drug-likeness (QED) is 0.385. The van der Waals surface area contributed by atoms with E-state index in [4.69, 9.17) is 19.6 Å². The van der Waals surface area contributed by atoms with E-state index >= 15 is 0 Å².